The lowest BCUT2D eigenvalue weighted by Crippen LogP contribution is -2.54. The molecule has 4 nitrogen and oxygen atoms in total. The molecule has 21 heavy (non-hydrogen) atoms. The lowest BCUT2D eigenvalue weighted by Gasteiger charge is -2.40. The van der Waals surface area contributed by atoms with Crippen LogP contribution in [0.3, 0.4) is 0 Å². The second-order valence-corrected chi connectivity index (χ2v) is 7.29. The van der Waals surface area contributed by atoms with Gasteiger partial charge in [-0.25, -0.2) is 0 Å². The highest BCUT2D eigenvalue weighted by molar-refractivity contribution is 7.80. The van der Waals surface area contributed by atoms with Crippen LogP contribution in [0.1, 0.15) is 51.4 Å². The third-order valence-corrected chi connectivity index (χ3v) is 5.71. The molecule has 0 bridgehead atoms. The summed E-state index contributed by atoms with van der Waals surface area (Å²) in [5.74, 6) is 0.203. The zero-order valence-corrected chi connectivity index (χ0v) is 14.3. The summed E-state index contributed by atoms with van der Waals surface area (Å²) < 4.78 is 0. The average Bonchev–Trinajstić information content (AvgIpc) is 2.73. The Hall–Kier alpha value is -0.680. The highest BCUT2D eigenvalue weighted by atomic mass is 32.1. The summed E-state index contributed by atoms with van der Waals surface area (Å²) in [5.41, 5.74) is 5.47. The zero-order chi connectivity index (χ0) is 15.5. The average molecular weight is 311 g/mol. The van der Waals surface area contributed by atoms with Crippen LogP contribution in [0.2, 0.25) is 0 Å². The Balaban J connectivity index is 2.07. The first kappa shape index (κ1) is 16.7. The van der Waals surface area contributed by atoms with Crippen molar-refractivity contribution in [3.8, 4) is 0 Å². The minimum Gasteiger partial charge on any atom is -0.392 e. The standard InChI is InChI=1S/C16H29N3OS/c1-18(2)13-7-11-19(12-8-13)15(20)16(14(17)21)9-5-3-4-6-10-16/h13H,3-12H2,1-2H3,(H2,17,21). The Morgan fingerprint density at radius 3 is 2.10 bits per heavy atom. The number of thiocarbonyl (C=S) groups is 1. The fourth-order valence-corrected chi connectivity index (χ4v) is 4.08. The summed E-state index contributed by atoms with van der Waals surface area (Å²) in [6.07, 6.45) is 8.30. The lowest BCUT2D eigenvalue weighted by molar-refractivity contribution is -0.140. The Morgan fingerprint density at radius 1 is 1.14 bits per heavy atom. The molecule has 2 fully saturated rings. The Morgan fingerprint density at radius 2 is 1.67 bits per heavy atom. The third-order valence-electron chi connectivity index (χ3n) is 5.32. The minimum atomic E-state index is -0.559. The number of hydrogen-bond donors (Lipinski definition) is 1. The quantitative estimate of drug-likeness (QED) is 0.641. The number of carbonyl (C=O) groups excluding carboxylic acids is 1. The SMILES string of the molecule is CN(C)C1CCN(C(=O)C2(C(N)=S)CCCCCC2)CC1. The van der Waals surface area contributed by atoms with Crippen molar-refractivity contribution in [3.63, 3.8) is 0 Å². The first-order valence-corrected chi connectivity index (χ1v) is 8.64. The zero-order valence-electron chi connectivity index (χ0n) is 13.4. The lowest BCUT2D eigenvalue weighted by atomic mass is 9.78. The van der Waals surface area contributed by atoms with Crippen LogP contribution < -0.4 is 5.73 Å². The molecule has 1 saturated carbocycles. The fraction of sp³-hybridized carbons (Fsp3) is 0.875. The molecule has 2 N–H and O–H groups in total. The van der Waals surface area contributed by atoms with Crippen LogP contribution >= 0.6 is 12.2 Å². The highest BCUT2D eigenvalue weighted by Crippen LogP contribution is 2.38. The number of likely N-dealkylation sites (tertiary alicyclic amines) is 1. The van der Waals surface area contributed by atoms with E-state index < -0.39 is 5.41 Å². The molecule has 1 heterocycles. The van der Waals surface area contributed by atoms with Crippen LogP contribution in [0, 0.1) is 5.41 Å². The van der Waals surface area contributed by atoms with Crippen LogP contribution in [-0.4, -0.2) is 53.9 Å². The molecule has 2 aliphatic rings. The minimum absolute atomic E-state index is 0.203. The summed E-state index contributed by atoms with van der Waals surface area (Å²) in [5, 5.41) is 0. The van der Waals surface area contributed by atoms with Crippen molar-refractivity contribution < 1.29 is 4.79 Å². The van der Waals surface area contributed by atoms with E-state index in [0.29, 0.717) is 11.0 Å². The number of amides is 1. The molecule has 0 atom stereocenters. The molecular formula is C16H29N3OS. The van der Waals surface area contributed by atoms with Crippen molar-refractivity contribution in [2.24, 2.45) is 11.1 Å². The number of carbonyl (C=O) groups is 1. The molecule has 1 saturated heterocycles. The largest absolute Gasteiger partial charge is 0.392 e. The molecule has 0 aromatic heterocycles. The Kier molecular flexibility index (Phi) is 5.60. The van der Waals surface area contributed by atoms with Gasteiger partial charge in [0.05, 0.1) is 10.4 Å². The number of nitrogens with zero attached hydrogens (tertiary/aromatic N) is 2. The van der Waals surface area contributed by atoms with E-state index in [0.717, 1.165) is 51.6 Å². The first-order valence-electron chi connectivity index (χ1n) is 8.23. The molecule has 1 aliphatic carbocycles. The summed E-state index contributed by atoms with van der Waals surface area (Å²) >= 11 is 5.32. The highest BCUT2D eigenvalue weighted by Gasteiger charge is 2.44. The van der Waals surface area contributed by atoms with Crippen LogP contribution in [0.5, 0.6) is 0 Å². The summed E-state index contributed by atoms with van der Waals surface area (Å²) in [6, 6.07) is 0.587. The van der Waals surface area contributed by atoms with Gasteiger partial charge in [0.2, 0.25) is 5.91 Å². The maximum absolute atomic E-state index is 13.1. The van der Waals surface area contributed by atoms with Gasteiger partial charge in [-0.1, -0.05) is 37.9 Å². The molecule has 1 aliphatic heterocycles. The molecular weight excluding hydrogens is 282 g/mol. The monoisotopic (exact) mass is 311 g/mol. The Bertz CT molecular complexity index is 381. The van der Waals surface area contributed by atoms with Crippen molar-refractivity contribution >= 4 is 23.1 Å². The number of piperidine rings is 1. The maximum Gasteiger partial charge on any atom is 0.235 e. The van der Waals surface area contributed by atoms with E-state index >= 15 is 0 Å². The third kappa shape index (κ3) is 3.57. The molecule has 0 aromatic rings. The molecule has 0 aromatic carbocycles. The van der Waals surface area contributed by atoms with Gasteiger partial charge in [-0.05, 0) is 39.8 Å². The number of rotatable bonds is 3. The van der Waals surface area contributed by atoms with E-state index in [-0.39, 0.29) is 5.91 Å². The summed E-state index contributed by atoms with van der Waals surface area (Å²) in [4.78, 5) is 17.8. The van der Waals surface area contributed by atoms with Gasteiger partial charge in [0, 0.05) is 19.1 Å². The van der Waals surface area contributed by atoms with Gasteiger partial charge in [-0.2, -0.15) is 0 Å². The molecule has 0 unspecified atom stereocenters. The Labute approximate surface area is 134 Å². The van der Waals surface area contributed by atoms with Crippen LogP contribution in [-0.2, 0) is 4.79 Å². The van der Waals surface area contributed by atoms with E-state index in [2.05, 4.69) is 19.0 Å². The number of hydrogen-bond acceptors (Lipinski definition) is 3. The molecule has 2 rings (SSSR count). The number of nitrogens with two attached hydrogens (primary N) is 1. The van der Waals surface area contributed by atoms with E-state index in [1.165, 1.54) is 12.8 Å². The second-order valence-electron chi connectivity index (χ2n) is 6.85. The molecule has 120 valence electrons. The molecule has 0 spiro atoms. The first-order chi connectivity index (χ1) is 9.97. The smallest absolute Gasteiger partial charge is 0.235 e. The maximum atomic E-state index is 13.1. The topological polar surface area (TPSA) is 49.6 Å². The van der Waals surface area contributed by atoms with Crippen molar-refractivity contribution in [1.82, 2.24) is 9.80 Å². The van der Waals surface area contributed by atoms with Gasteiger partial charge in [0.1, 0.15) is 0 Å². The van der Waals surface area contributed by atoms with E-state index in [4.69, 9.17) is 18.0 Å². The van der Waals surface area contributed by atoms with E-state index in [9.17, 15) is 4.79 Å². The fourth-order valence-electron chi connectivity index (χ4n) is 3.79. The van der Waals surface area contributed by atoms with Gasteiger partial charge in [-0.15, -0.1) is 0 Å². The van der Waals surface area contributed by atoms with E-state index in [1.807, 2.05) is 4.90 Å². The second kappa shape index (κ2) is 7.05. The molecule has 5 heteroatoms. The van der Waals surface area contributed by atoms with E-state index in [1.54, 1.807) is 0 Å². The van der Waals surface area contributed by atoms with Crippen LogP contribution in [0.25, 0.3) is 0 Å². The van der Waals surface area contributed by atoms with Gasteiger partial charge in [0.25, 0.3) is 0 Å². The van der Waals surface area contributed by atoms with Crippen LogP contribution in [0.15, 0.2) is 0 Å². The molecule has 0 radical (unpaired) electrons. The molecule has 1 amide bonds. The van der Waals surface area contributed by atoms with Gasteiger partial charge in [-0.3, -0.25) is 4.79 Å². The predicted molar refractivity (Wildman–Crippen MR) is 90.2 cm³/mol. The van der Waals surface area contributed by atoms with Gasteiger partial charge >= 0.3 is 0 Å². The van der Waals surface area contributed by atoms with Gasteiger partial charge < -0.3 is 15.5 Å². The van der Waals surface area contributed by atoms with Gasteiger partial charge in [0.15, 0.2) is 0 Å². The predicted octanol–water partition coefficient (Wildman–Crippen LogP) is 2.17. The van der Waals surface area contributed by atoms with Crippen LogP contribution in [0.4, 0.5) is 0 Å². The summed E-state index contributed by atoms with van der Waals surface area (Å²) in [6.45, 7) is 1.68. The summed E-state index contributed by atoms with van der Waals surface area (Å²) in [7, 11) is 4.23. The normalized spacial score (nSPS) is 23.9. The van der Waals surface area contributed by atoms with Crippen molar-refractivity contribution in [2.45, 2.75) is 57.4 Å². The van der Waals surface area contributed by atoms with Crippen molar-refractivity contribution in [2.75, 3.05) is 27.2 Å². The van der Waals surface area contributed by atoms with Crippen molar-refractivity contribution in [1.29, 1.82) is 0 Å². The van der Waals surface area contributed by atoms with Crippen molar-refractivity contribution in [3.05, 3.63) is 0 Å².